The molecular formula is C16H15NO3. The highest BCUT2D eigenvalue weighted by Gasteiger charge is 2.07. The van der Waals surface area contributed by atoms with Gasteiger partial charge in [0, 0.05) is 12.1 Å². The third kappa shape index (κ3) is 3.21. The molecule has 0 amide bonds. The fourth-order valence-corrected chi connectivity index (χ4v) is 1.73. The zero-order chi connectivity index (χ0) is 14.4. The molecule has 0 aromatic heterocycles. The number of ether oxygens (including phenoxy) is 3. The Labute approximate surface area is 118 Å². The lowest BCUT2D eigenvalue weighted by Crippen LogP contribution is -1.93. The van der Waals surface area contributed by atoms with E-state index in [1.807, 2.05) is 25.1 Å². The first-order valence-electron chi connectivity index (χ1n) is 6.25. The molecule has 0 unspecified atom stereocenters. The van der Waals surface area contributed by atoms with Crippen molar-refractivity contribution in [3.8, 4) is 29.1 Å². The topological polar surface area (TPSA) is 51.5 Å². The van der Waals surface area contributed by atoms with Gasteiger partial charge in [0.15, 0.2) is 0 Å². The first-order chi connectivity index (χ1) is 9.76. The van der Waals surface area contributed by atoms with E-state index in [1.54, 1.807) is 31.4 Å². The minimum Gasteiger partial charge on any atom is -0.497 e. The van der Waals surface area contributed by atoms with Crippen LogP contribution in [0.3, 0.4) is 0 Å². The molecular weight excluding hydrogens is 254 g/mol. The Hall–Kier alpha value is -2.67. The van der Waals surface area contributed by atoms with Crippen LogP contribution in [0.25, 0.3) is 0 Å². The molecule has 0 heterocycles. The number of nitriles is 1. The maximum absolute atomic E-state index is 9.10. The maximum atomic E-state index is 9.10. The van der Waals surface area contributed by atoms with Crippen molar-refractivity contribution in [3.05, 3.63) is 48.0 Å². The summed E-state index contributed by atoms with van der Waals surface area (Å²) in [7, 11) is 1.57. The van der Waals surface area contributed by atoms with Gasteiger partial charge in [-0.15, -0.1) is 0 Å². The van der Waals surface area contributed by atoms with Gasteiger partial charge in [0.25, 0.3) is 0 Å². The van der Waals surface area contributed by atoms with Gasteiger partial charge < -0.3 is 14.2 Å². The predicted octanol–water partition coefficient (Wildman–Crippen LogP) is 3.76. The Morgan fingerprint density at radius 2 is 1.85 bits per heavy atom. The zero-order valence-corrected chi connectivity index (χ0v) is 11.4. The highest BCUT2D eigenvalue weighted by atomic mass is 16.5. The predicted molar refractivity (Wildman–Crippen MR) is 75.4 cm³/mol. The summed E-state index contributed by atoms with van der Waals surface area (Å²) in [4.78, 5) is 0. The zero-order valence-electron chi connectivity index (χ0n) is 11.4. The number of rotatable bonds is 5. The van der Waals surface area contributed by atoms with Crippen molar-refractivity contribution in [1.29, 1.82) is 5.26 Å². The third-order valence-corrected chi connectivity index (χ3v) is 2.65. The summed E-state index contributed by atoms with van der Waals surface area (Å²) in [6.45, 7) is 2.51. The lowest BCUT2D eigenvalue weighted by molar-refractivity contribution is 0.338. The van der Waals surface area contributed by atoms with Crippen LogP contribution >= 0.6 is 0 Å². The first-order valence-corrected chi connectivity index (χ1v) is 6.25. The number of nitrogens with zero attached hydrogens (tertiary/aromatic N) is 1. The van der Waals surface area contributed by atoms with Gasteiger partial charge in [0.2, 0.25) is 0 Å². The Bertz CT molecular complexity index is 632. The van der Waals surface area contributed by atoms with E-state index in [1.165, 1.54) is 0 Å². The van der Waals surface area contributed by atoms with Gasteiger partial charge in [0.05, 0.1) is 19.3 Å². The lowest BCUT2D eigenvalue weighted by Gasteiger charge is -2.10. The van der Waals surface area contributed by atoms with Gasteiger partial charge in [-0.05, 0) is 31.2 Å². The second-order valence-corrected chi connectivity index (χ2v) is 3.98. The molecule has 0 bridgehead atoms. The molecule has 0 fully saturated rings. The number of hydrogen-bond donors (Lipinski definition) is 0. The van der Waals surface area contributed by atoms with Gasteiger partial charge >= 0.3 is 0 Å². The summed E-state index contributed by atoms with van der Waals surface area (Å²) in [5.74, 6) is 2.44. The van der Waals surface area contributed by atoms with Gasteiger partial charge in [-0.25, -0.2) is 0 Å². The Morgan fingerprint density at radius 1 is 1.05 bits per heavy atom. The molecule has 20 heavy (non-hydrogen) atoms. The van der Waals surface area contributed by atoms with E-state index in [0.717, 1.165) is 5.75 Å². The van der Waals surface area contributed by atoms with E-state index in [2.05, 4.69) is 6.07 Å². The first kappa shape index (κ1) is 13.8. The lowest BCUT2D eigenvalue weighted by atomic mass is 10.2. The van der Waals surface area contributed by atoms with Crippen LogP contribution in [0, 0.1) is 11.3 Å². The van der Waals surface area contributed by atoms with Crippen LogP contribution in [0.4, 0.5) is 0 Å². The van der Waals surface area contributed by atoms with Gasteiger partial charge in [-0.1, -0.05) is 6.07 Å². The monoisotopic (exact) mass is 269 g/mol. The molecule has 4 nitrogen and oxygen atoms in total. The van der Waals surface area contributed by atoms with E-state index >= 15 is 0 Å². The smallest absolute Gasteiger partial charge is 0.148 e. The molecule has 102 valence electrons. The molecule has 2 rings (SSSR count). The fourth-order valence-electron chi connectivity index (χ4n) is 1.73. The summed E-state index contributed by atoms with van der Waals surface area (Å²) in [6, 6.07) is 14.5. The molecule has 2 aromatic carbocycles. The molecule has 0 saturated carbocycles. The fraction of sp³-hybridized carbons (Fsp3) is 0.188. The molecule has 0 aliphatic rings. The van der Waals surface area contributed by atoms with Crippen molar-refractivity contribution in [1.82, 2.24) is 0 Å². The number of hydrogen-bond acceptors (Lipinski definition) is 4. The van der Waals surface area contributed by atoms with Crippen LogP contribution in [0.5, 0.6) is 23.0 Å². The molecule has 0 aliphatic heterocycles. The van der Waals surface area contributed by atoms with Crippen molar-refractivity contribution in [2.45, 2.75) is 6.92 Å². The molecule has 0 radical (unpaired) electrons. The van der Waals surface area contributed by atoms with Crippen LogP contribution in [0.2, 0.25) is 0 Å². The van der Waals surface area contributed by atoms with Crippen LogP contribution in [-0.4, -0.2) is 13.7 Å². The molecule has 4 heteroatoms. The Morgan fingerprint density at radius 3 is 2.55 bits per heavy atom. The quantitative estimate of drug-likeness (QED) is 0.829. The van der Waals surface area contributed by atoms with Gasteiger partial charge in [-0.3, -0.25) is 0 Å². The summed E-state index contributed by atoms with van der Waals surface area (Å²) in [5, 5.41) is 9.10. The van der Waals surface area contributed by atoms with Crippen LogP contribution in [0.1, 0.15) is 12.5 Å². The third-order valence-electron chi connectivity index (χ3n) is 2.65. The van der Waals surface area contributed by atoms with E-state index in [0.29, 0.717) is 29.4 Å². The normalized spacial score (nSPS) is 9.65. The van der Waals surface area contributed by atoms with Crippen molar-refractivity contribution in [2.75, 3.05) is 13.7 Å². The minimum atomic E-state index is 0.451. The summed E-state index contributed by atoms with van der Waals surface area (Å²) in [6.07, 6.45) is 0. The molecule has 0 N–H and O–H groups in total. The van der Waals surface area contributed by atoms with Crippen molar-refractivity contribution in [3.63, 3.8) is 0 Å². The number of benzene rings is 2. The second-order valence-electron chi connectivity index (χ2n) is 3.98. The maximum Gasteiger partial charge on any atom is 0.148 e. The van der Waals surface area contributed by atoms with Crippen LogP contribution < -0.4 is 14.2 Å². The minimum absolute atomic E-state index is 0.451. The highest BCUT2D eigenvalue weighted by molar-refractivity contribution is 5.49. The van der Waals surface area contributed by atoms with Crippen LogP contribution in [0.15, 0.2) is 42.5 Å². The van der Waals surface area contributed by atoms with Gasteiger partial charge in [0.1, 0.15) is 29.1 Å². The van der Waals surface area contributed by atoms with Crippen LogP contribution in [-0.2, 0) is 0 Å². The van der Waals surface area contributed by atoms with E-state index < -0.39 is 0 Å². The SMILES string of the molecule is CCOc1cccc(Oc2cc(OC)ccc2C#N)c1. The summed E-state index contributed by atoms with van der Waals surface area (Å²) in [5.41, 5.74) is 0.451. The largest absolute Gasteiger partial charge is 0.497 e. The van der Waals surface area contributed by atoms with Crippen molar-refractivity contribution < 1.29 is 14.2 Å². The summed E-state index contributed by atoms with van der Waals surface area (Å²) >= 11 is 0. The van der Waals surface area contributed by atoms with E-state index in [4.69, 9.17) is 19.5 Å². The second kappa shape index (κ2) is 6.48. The Balaban J connectivity index is 2.29. The molecule has 0 saturated heterocycles. The van der Waals surface area contributed by atoms with E-state index in [9.17, 15) is 0 Å². The van der Waals surface area contributed by atoms with Gasteiger partial charge in [-0.2, -0.15) is 5.26 Å². The highest BCUT2D eigenvalue weighted by Crippen LogP contribution is 2.30. The van der Waals surface area contributed by atoms with Crippen molar-refractivity contribution >= 4 is 0 Å². The molecule has 0 aliphatic carbocycles. The molecule has 2 aromatic rings. The molecule has 0 atom stereocenters. The molecule has 0 spiro atoms. The number of methoxy groups -OCH3 is 1. The Kier molecular flexibility index (Phi) is 4.46. The average molecular weight is 269 g/mol. The summed E-state index contributed by atoms with van der Waals surface area (Å²) < 4.78 is 16.3. The van der Waals surface area contributed by atoms with Crippen molar-refractivity contribution in [2.24, 2.45) is 0 Å². The standard InChI is InChI=1S/C16H15NO3/c1-3-19-14-5-4-6-15(9-14)20-16-10-13(18-2)8-7-12(16)11-17/h4-10H,3H2,1-2H3. The van der Waals surface area contributed by atoms with E-state index in [-0.39, 0.29) is 0 Å². The average Bonchev–Trinajstić information content (AvgIpc) is 2.48.